The van der Waals surface area contributed by atoms with Gasteiger partial charge in [-0.3, -0.25) is 4.79 Å². The Kier molecular flexibility index (Phi) is 12.4. The number of hydrogen-bond donors (Lipinski definition) is 0. The number of carbonyl (C=O) groups excluding carboxylic acids is 1. The molecule has 3 rings (SSSR count). The number of rotatable bonds is 14. The van der Waals surface area contributed by atoms with Crippen molar-refractivity contribution in [3.8, 4) is 11.5 Å². The van der Waals surface area contributed by atoms with E-state index in [1.54, 1.807) is 0 Å². The van der Waals surface area contributed by atoms with Gasteiger partial charge in [-0.05, 0) is 62.3 Å². The van der Waals surface area contributed by atoms with Crippen molar-refractivity contribution >= 4 is 5.97 Å². The fourth-order valence-electron chi connectivity index (χ4n) is 5.41. The van der Waals surface area contributed by atoms with E-state index < -0.39 is 0 Å². The van der Waals surface area contributed by atoms with E-state index in [1.165, 1.54) is 51.4 Å². The molecule has 5 nitrogen and oxygen atoms in total. The number of carbonyl (C=O) groups is 1. The van der Waals surface area contributed by atoms with Crippen LogP contribution in [0.2, 0.25) is 0 Å². The first kappa shape index (κ1) is 28.0. The van der Waals surface area contributed by atoms with Crippen LogP contribution in [0.4, 0.5) is 0 Å². The van der Waals surface area contributed by atoms with Crippen molar-refractivity contribution < 1.29 is 23.7 Å². The second-order valence-electron chi connectivity index (χ2n) is 10.7. The third-order valence-electron chi connectivity index (χ3n) is 7.66. The molecule has 35 heavy (non-hydrogen) atoms. The molecule has 2 aliphatic rings. The van der Waals surface area contributed by atoms with E-state index in [9.17, 15) is 4.79 Å². The number of hydrogen-bond acceptors (Lipinski definition) is 5. The minimum atomic E-state index is -0.123. The van der Waals surface area contributed by atoms with E-state index in [0.29, 0.717) is 17.6 Å². The maximum absolute atomic E-state index is 12.9. The summed E-state index contributed by atoms with van der Waals surface area (Å²) in [7, 11) is 0. The van der Waals surface area contributed by atoms with E-state index in [0.717, 1.165) is 51.3 Å². The minimum absolute atomic E-state index is 0.0734. The van der Waals surface area contributed by atoms with Crippen LogP contribution in [0, 0.1) is 23.7 Å². The van der Waals surface area contributed by atoms with E-state index in [1.807, 2.05) is 24.3 Å². The van der Waals surface area contributed by atoms with Crippen LogP contribution >= 0.6 is 0 Å². The molecule has 3 atom stereocenters. The molecule has 1 heterocycles. The van der Waals surface area contributed by atoms with Crippen LogP contribution in [0.25, 0.3) is 0 Å². The standard InChI is InChI=1S/C30H48O5/c1-4-6-8-9-11-19-32-26-14-16-27(17-15-26)35-29(31)28-18-13-25(20-23(28)3)30-33-21-24(22-34-30)12-10-7-5-2/h14-17,23-25,28,30H,4-13,18-22H2,1-3H3. The van der Waals surface area contributed by atoms with Crippen LogP contribution < -0.4 is 9.47 Å². The zero-order valence-corrected chi connectivity index (χ0v) is 22.3. The minimum Gasteiger partial charge on any atom is -0.494 e. The molecule has 2 fully saturated rings. The highest BCUT2D eigenvalue weighted by atomic mass is 16.7. The third kappa shape index (κ3) is 9.42. The molecule has 1 aromatic rings. The lowest BCUT2D eigenvalue weighted by Crippen LogP contribution is -2.41. The molecule has 1 saturated heterocycles. The summed E-state index contributed by atoms with van der Waals surface area (Å²) in [6, 6.07) is 7.45. The quantitative estimate of drug-likeness (QED) is 0.154. The highest BCUT2D eigenvalue weighted by molar-refractivity contribution is 5.75. The van der Waals surface area contributed by atoms with Crippen LogP contribution in [0.15, 0.2) is 24.3 Å². The van der Waals surface area contributed by atoms with Gasteiger partial charge in [0.2, 0.25) is 0 Å². The van der Waals surface area contributed by atoms with Crippen LogP contribution in [0.3, 0.4) is 0 Å². The lowest BCUT2D eigenvalue weighted by Gasteiger charge is -2.39. The first-order valence-corrected chi connectivity index (χ1v) is 14.3. The molecule has 0 bridgehead atoms. The van der Waals surface area contributed by atoms with Gasteiger partial charge in [-0.15, -0.1) is 0 Å². The molecule has 0 N–H and O–H groups in total. The summed E-state index contributed by atoms with van der Waals surface area (Å²) in [5.74, 6) is 2.37. The van der Waals surface area contributed by atoms with Crippen LogP contribution in [0.5, 0.6) is 11.5 Å². The molecular formula is C30H48O5. The fraction of sp³-hybridized carbons (Fsp3) is 0.767. The summed E-state index contributed by atoms with van der Waals surface area (Å²) in [5, 5.41) is 0. The fourth-order valence-corrected chi connectivity index (χ4v) is 5.41. The predicted molar refractivity (Wildman–Crippen MR) is 140 cm³/mol. The Balaban J connectivity index is 1.36. The van der Waals surface area contributed by atoms with Gasteiger partial charge in [0.25, 0.3) is 0 Å². The van der Waals surface area contributed by atoms with E-state index in [2.05, 4.69) is 20.8 Å². The molecule has 0 radical (unpaired) electrons. The second-order valence-corrected chi connectivity index (χ2v) is 10.7. The molecule has 0 aromatic heterocycles. The highest BCUT2D eigenvalue weighted by Crippen LogP contribution is 2.38. The van der Waals surface area contributed by atoms with Gasteiger partial charge >= 0.3 is 5.97 Å². The van der Waals surface area contributed by atoms with Crippen molar-refractivity contribution in [3.63, 3.8) is 0 Å². The van der Waals surface area contributed by atoms with E-state index >= 15 is 0 Å². The number of benzene rings is 1. The average molecular weight is 489 g/mol. The van der Waals surface area contributed by atoms with E-state index in [4.69, 9.17) is 18.9 Å². The van der Waals surface area contributed by atoms with Crippen LogP contribution in [-0.4, -0.2) is 32.1 Å². The molecule has 0 amide bonds. The molecule has 1 aliphatic heterocycles. The Morgan fingerprint density at radius 2 is 1.54 bits per heavy atom. The Hall–Kier alpha value is -1.59. The van der Waals surface area contributed by atoms with Gasteiger partial charge in [0.15, 0.2) is 6.29 Å². The summed E-state index contributed by atoms with van der Waals surface area (Å²) >= 11 is 0. The van der Waals surface area contributed by atoms with E-state index in [-0.39, 0.29) is 24.1 Å². The maximum atomic E-state index is 12.9. The highest BCUT2D eigenvalue weighted by Gasteiger charge is 2.38. The van der Waals surface area contributed by atoms with Crippen molar-refractivity contribution in [2.45, 2.75) is 104 Å². The largest absolute Gasteiger partial charge is 0.494 e. The van der Waals surface area contributed by atoms with Gasteiger partial charge in [-0.2, -0.15) is 0 Å². The van der Waals surface area contributed by atoms with Gasteiger partial charge < -0.3 is 18.9 Å². The molecule has 1 aromatic carbocycles. The maximum Gasteiger partial charge on any atom is 0.314 e. The summed E-state index contributed by atoms with van der Waals surface area (Å²) in [5.41, 5.74) is 0. The van der Waals surface area contributed by atoms with Gasteiger partial charge in [0, 0.05) is 11.8 Å². The predicted octanol–water partition coefficient (Wildman–Crippen LogP) is 7.56. The smallest absolute Gasteiger partial charge is 0.314 e. The van der Waals surface area contributed by atoms with Gasteiger partial charge in [-0.25, -0.2) is 0 Å². The first-order chi connectivity index (χ1) is 17.1. The number of esters is 1. The summed E-state index contributed by atoms with van der Waals surface area (Å²) in [4.78, 5) is 12.9. The molecule has 1 aliphatic carbocycles. The van der Waals surface area contributed by atoms with Crippen molar-refractivity contribution in [2.24, 2.45) is 23.7 Å². The van der Waals surface area contributed by atoms with Crippen molar-refractivity contribution in [3.05, 3.63) is 24.3 Å². The molecule has 1 saturated carbocycles. The summed E-state index contributed by atoms with van der Waals surface area (Å²) in [6.07, 6.45) is 13.7. The Bertz CT molecular complexity index is 710. The van der Waals surface area contributed by atoms with Crippen molar-refractivity contribution in [2.75, 3.05) is 19.8 Å². The lowest BCUT2D eigenvalue weighted by molar-refractivity contribution is -0.232. The zero-order valence-electron chi connectivity index (χ0n) is 22.3. The Morgan fingerprint density at radius 3 is 2.23 bits per heavy atom. The van der Waals surface area contributed by atoms with Crippen LogP contribution in [0.1, 0.15) is 97.8 Å². The molecule has 5 heteroatoms. The van der Waals surface area contributed by atoms with Crippen molar-refractivity contribution in [1.82, 2.24) is 0 Å². The SMILES string of the molecule is CCCCCCCOc1ccc(OC(=O)C2CCC(C3OCC(CCCCC)CO3)CC2C)cc1. The third-order valence-corrected chi connectivity index (χ3v) is 7.66. The molecule has 198 valence electrons. The van der Waals surface area contributed by atoms with Gasteiger partial charge in [0.1, 0.15) is 11.5 Å². The summed E-state index contributed by atoms with van der Waals surface area (Å²) in [6.45, 7) is 8.97. The monoisotopic (exact) mass is 488 g/mol. The average Bonchev–Trinajstić information content (AvgIpc) is 2.87. The van der Waals surface area contributed by atoms with Crippen LogP contribution in [-0.2, 0) is 14.3 Å². The van der Waals surface area contributed by atoms with Crippen molar-refractivity contribution in [1.29, 1.82) is 0 Å². The lowest BCUT2D eigenvalue weighted by atomic mass is 9.74. The first-order valence-electron chi connectivity index (χ1n) is 14.3. The second kappa shape index (κ2) is 15.5. The van der Waals surface area contributed by atoms with Gasteiger partial charge in [0.05, 0.1) is 25.7 Å². The topological polar surface area (TPSA) is 54.0 Å². The summed E-state index contributed by atoms with van der Waals surface area (Å²) < 4.78 is 23.8. The molecule has 3 unspecified atom stereocenters. The Morgan fingerprint density at radius 1 is 0.886 bits per heavy atom. The molecular weight excluding hydrogens is 440 g/mol. The van der Waals surface area contributed by atoms with Gasteiger partial charge in [-0.1, -0.05) is 65.7 Å². The number of unbranched alkanes of at least 4 members (excludes halogenated alkanes) is 6. The normalized spacial score (nSPS) is 26.9. The molecule has 0 spiro atoms. The number of ether oxygens (including phenoxy) is 4. The Labute approximate surface area is 213 Å². The zero-order chi connectivity index (χ0) is 24.9.